The van der Waals surface area contributed by atoms with Crippen LogP contribution >= 0.6 is 0 Å². The van der Waals surface area contributed by atoms with Crippen molar-refractivity contribution in [1.82, 2.24) is 9.80 Å². The van der Waals surface area contributed by atoms with Crippen LogP contribution in [0.5, 0.6) is 5.75 Å². The summed E-state index contributed by atoms with van der Waals surface area (Å²) < 4.78 is 5.88. The maximum absolute atomic E-state index is 13.5. The normalized spacial score (nSPS) is 22.7. The maximum Gasteiger partial charge on any atom is 0.261 e. The third-order valence-corrected chi connectivity index (χ3v) is 7.34. The van der Waals surface area contributed by atoms with Gasteiger partial charge in [-0.3, -0.25) is 4.79 Å². The number of nitrogens with zero attached hydrogens (tertiary/aromatic N) is 2. The van der Waals surface area contributed by atoms with E-state index < -0.39 is 11.8 Å². The van der Waals surface area contributed by atoms with E-state index in [1.807, 2.05) is 47.4 Å². The number of ketones is 1. The molecule has 1 aliphatic heterocycles. The molecule has 6 nitrogen and oxygen atoms in total. The minimum Gasteiger partial charge on any atom is -0.451 e. The number of nitrogens with two attached hydrogens (primary N) is 1. The van der Waals surface area contributed by atoms with E-state index in [1.54, 1.807) is 0 Å². The molecule has 6 heteroatoms. The van der Waals surface area contributed by atoms with Gasteiger partial charge in [-0.05, 0) is 55.7 Å². The van der Waals surface area contributed by atoms with Crippen molar-refractivity contribution in [3.8, 4) is 5.75 Å². The molecule has 0 aromatic heterocycles. The Morgan fingerprint density at radius 3 is 2.62 bits per heavy atom. The van der Waals surface area contributed by atoms with Crippen molar-refractivity contribution < 1.29 is 14.6 Å². The van der Waals surface area contributed by atoms with Gasteiger partial charge < -0.3 is 20.5 Å². The first kappa shape index (κ1) is 24.3. The molecule has 1 heterocycles. The summed E-state index contributed by atoms with van der Waals surface area (Å²) in [5.74, 6) is 0.761. The van der Waals surface area contributed by atoms with Crippen LogP contribution in [0.4, 0.5) is 0 Å². The van der Waals surface area contributed by atoms with Gasteiger partial charge >= 0.3 is 0 Å². The van der Waals surface area contributed by atoms with Gasteiger partial charge in [0.05, 0.1) is 12.4 Å². The first-order valence-electron chi connectivity index (χ1n) is 12.4. The lowest BCUT2D eigenvalue weighted by Gasteiger charge is -2.28. The monoisotopic (exact) mass is 463 g/mol. The Balaban J connectivity index is 1.42. The molecular weight excluding hydrogens is 426 g/mol. The second-order valence-corrected chi connectivity index (χ2v) is 9.71. The molecule has 0 amide bonds. The Bertz CT molecular complexity index is 1020. The number of rotatable bonds is 8. The largest absolute Gasteiger partial charge is 0.451 e. The van der Waals surface area contributed by atoms with Gasteiger partial charge in [-0.2, -0.15) is 0 Å². The Kier molecular flexibility index (Phi) is 7.59. The van der Waals surface area contributed by atoms with Crippen LogP contribution in [0.25, 0.3) is 0 Å². The number of Topliss-reactive ketones (excluding diaryl/α,β-unsaturated/α-hetero) is 1. The van der Waals surface area contributed by atoms with Crippen molar-refractivity contribution in [3.63, 3.8) is 0 Å². The summed E-state index contributed by atoms with van der Waals surface area (Å²) in [6, 6.07) is 18.1. The van der Waals surface area contributed by atoms with Gasteiger partial charge in [0.15, 0.2) is 5.78 Å². The molecule has 2 aliphatic rings. The Morgan fingerprint density at radius 1 is 1.12 bits per heavy atom. The van der Waals surface area contributed by atoms with E-state index in [-0.39, 0.29) is 5.78 Å². The number of benzene rings is 2. The molecule has 1 unspecified atom stereocenters. The number of aryl methyl sites for hydroxylation is 2. The quantitative estimate of drug-likeness (QED) is 0.575. The average molecular weight is 464 g/mol. The number of aliphatic hydroxyl groups is 1. The van der Waals surface area contributed by atoms with E-state index in [1.165, 1.54) is 5.56 Å². The first-order valence-corrected chi connectivity index (χ1v) is 12.4. The number of hydrogen-bond acceptors (Lipinski definition) is 6. The number of allylic oxidation sites excluding steroid dienone is 2. The molecule has 2 atom stereocenters. The van der Waals surface area contributed by atoms with Crippen molar-refractivity contribution >= 4 is 5.78 Å². The van der Waals surface area contributed by atoms with Crippen molar-refractivity contribution in [2.45, 2.75) is 58.8 Å². The highest BCUT2D eigenvalue weighted by atomic mass is 16.6. The van der Waals surface area contributed by atoms with Gasteiger partial charge in [0, 0.05) is 24.2 Å². The lowest BCUT2D eigenvalue weighted by atomic mass is 9.76. The highest BCUT2D eigenvalue weighted by molar-refractivity contribution is 5.99. The SMILES string of the molecule is CCc1ccccc1OC(O)N1CCN(C2=C(N)C(=O)[C@@](C)(CCc3ccccc3)CCC2)C1. The lowest BCUT2D eigenvalue weighted by molar-refractivity contribution is -0.130. The summed E-state index contributed by atoms with van der Waals surface area (Å²) in [6.07, 6.45) is 3.99. The van der Waals surface area contributed by atoms with Gasteiger partial charge in [-0.25, -0.2) is 4.90 Å². The second kappa shape index (κ2) is 10.6. The molecule has 0 radical (unpaired) electrons. The standard InChI is InChI=1S/C28H37N3O3/c1-3-22-12-7-8-14-24(22)34-27(33)31-19-18-30(20-31)23-13-9-16-28(2,26(32)25(23)29)17-15-21-10-5-4-6-11-21/h4-8,10-12,14,27,33H,3,9,13,15-20,29H2,1-2H3/t27?,28-/m1/s1. The molecule has 2 aromatic rings. The predicted octanol–water partition coefficient (Wildman–Crippen LogP) is 4.04. The average Bonchev–Trinajstić information content (AvgIpc) is 3.32. The van der Waals surface area contributed by atoms with Gasteiger partial charge in [0.1, 0.15) is 5.75 Å². The molecule has 0 bridgehead atoms. The van der Waals surface area contributed by atoms with Crippen molar-refractivity contribution in [1.29, 1.82) is 0 Å². The van der Waals surface area contributed by atoms with Gasteiger partial charge in [0.25, 0.3) is 6.41 Å². The number of para-hydroxylation sites is 1. The van der Waals surface area contributed by atoms with Crippen LogP contribution in [0.1, 0.15) is 50.7 Å². The van der Waals surface area contributed by atoms with E-state index in [0.717, 1.165) is 49.8 Å². The fraction of sp³-hybridized carbons (Fsp3) is 0.464. The van der Waals surface area contributed by atoms with Crippen LogP contribution in [-0.4, -0.2) is 46.9 Å². The first-order chi connectivity index (χ1) is 16.4. The fourth-order valence-corrected chi connectivity index (χ4v) is 5.09. The lowest BCUT2D eigenvalue weighted by Crippen LogP contribution is -2.39. The number of ether oxygens (including phenoxy) is 1. The van der Waals surface area contributed by atoms with Crippen LogP contribution in [0.2, 0.25) is 0 Å². The van der Waals surface area contributed by atoms with E-state index >= 15 is 0 Å². The summed E-state index contributed by atoms with van der Waals surface area (Å²) in [5.41, 5.74) is 9.67. The molecule has 182 valence electrons. The number of carbonyl (C=O) groups excluding carboxylic acids is 1. The molecule has 1 aliphatic carbocycles. The fourth-order valence-electron chi connectivity index (χ4n) is 5.09. The van der Waals surface area contributed by atoms with Crippen molar-refractivity contribution in [2.24, 2.45) is 11.1 Å². The molecule has 2 aromatic carbocycles. The molecule has 0 saturated carbocycles. The molecule has 1 saturated heterocycles. The molecule has 0 spiro atoms. The van der Waals surface area contributed by atoms with E-state index in [9.17, 15) is 9.90 Å². The van der Waals surface area contributed by atoms with Gasteiger partial charge in [-0.1, -0.05) is 62.4 Å². The van der Waals surface area contributed by atoms with E-state index in [4.69, 9.17) is 10.5 Å². The molecule has 4 rings (SSSR count). The Morgan fingerprint density at radius 2 is 1.85 bits per heavy atom. The van der Waals surface area contributed by atoms with Crippen molar-refractivity contribution in [2.75, 3.05) is 19.8 Å². The topological polar surface area (TPSA) is 79.0 Å². The Labute approximate surface area is 203 Å². The predicted molar refractivity (Wildman–Crippen MR) is 134 cm³/mol. The zero-order chi connectivity index (χ0) is 24.1. The smallest absolute Gasteiger partial charge is 0.261 e. The summed E-state index contributed by atoms with van der Waals surface area (Å²) in [5, 5.41) is 10.7. The van der Waals surface area contributed by atoms with E-state index in [0.29, 0.717) is 31.2 Å². The second-order valence-electron chi connectivity index (χ2n) is 9.71. The van der Waals surface area contributed by atoms with Gasteiger partial charge in [-0.15, -0.1) is 0 Å². The molecule has 34 heavy (non-hydrogen) atoms. The summed E-state index contributed by atoms with van der Waals surface area (Å²) in [4.78, 5) is 17.5. The van der Waals surface area contributed by atoms with E-state index in [2.05, 4.69) is 30.9 Å². The highest BCUT2D eigenvalue weighted by Crippen LogP contribution is 2.38. The zero-order valence-corrected chi connectivity index (χ0v) is 20.4. The van der Waals surface area contributed by atoms with Crippen molar-refractivity contribution in [3.05, 3.63) is 77.1 Å². The molecular formula is C28H37N3O3. The summed E-state index contributed by atoms with van der Waals surface area (Å²) >= 11 is 0. The van der Waals surface area contributed by atoms with Crippen LogP contribution in [0.3, 0.4) is 0 Å². The third-order valence-electron chi connectivity index (χ3n) is 7.34. The highest BCUT2D eigenvalue weighted by Gasteiger charge is 2.39. The van der Waals surface area contributed by atoms with Crippen LogP contribution in [-0.2, 0) is 17.6 Å². The molecule has 3 N–H and O–H groups in total. The van der Waals surface area contributed by atoms with Gasteiger partial charge in [0.2, 0.25) is 0 Å². The summed E-state index contributed by atoms with van der Waals surface area (Å²) in [6.45, 7) is 5.97. The summed E-state index contributed by atoms with van der Waals surface area (Å²) in [7, 11) is 0. The molecule has 1 fully saturated rings. The minimum atomic E-state index is -1.04. The maximum atomic E-state index is 13.5. The van der Waals surface area contributed by atoms with Crippen LogP contribution in [0.15, 0.2) is 66.0 Å². The number of carbonyl (C=O) groups is 1. The van der Waals surface area contributed by atoms with Crippen LogP contribution in [0, 0.1) is 5.41 Å². The zero-order valence-electron chi connectivity index (χ0n) is 20.4. The minimum absolute atomic E-state index is 0.0584. The third kappa shape index (κ3) is 5.29. The van der Waals surface area contributed by atoms with Crippen LogP contribution < -0.4 is 10.5 Å². The Hall–Kier alpha value is -2.83. The number of aliphatic hydroxyl groups excluding tert-OH is 1. The number of hydrogen-bond donors (Lipinski definition) is 2.